The molecular formula is C14H11ClN2S. The van der Waals surface area contributed by atoms with Gasteiger partial charge >= 0.3 is 0 Å². The van der Waals surface area contributed by atoms with Crippen molar-refractivity contribution in [1.82, 2.24) is 4.98 Å². The van der Waals surface area contributed by atoms with Crippen LogP contribution >= 0.6 is 22.9 Å². The van der Waals surface area contributed by atoms with Gasteiger partial charge in [0.15, 0.2) is 0 Å². The lowest BCUT2D eigenvalue weighted by molar-refractivity contribution is 1.20. The first-order chi connectivity index (χ1) is 8.83. The van der Waals surface area contributed by atoms with Crippen LogP contribution in [0.3, 0.4) is 0 Å². The van der Waals surface area contributed by atoms with Gasteiger partial charge in [0.1, 0.15) is 0 Å². The highest BCUT2D eigenvalue weighted by Gasteiger charge is 2.02. The number of hydrogen-bond donors (Lipinski definition) is 1. The number of nitrogens with one attached hydrogen (secondary N) is 1. The normalized spacial score (nSPS) is 10.7. The Bertz CT molecular complexity index is 673. The molecule has 4 heteroatoms. The summed E-state index contributed by atoms with van der Waals surface area (Å²) in [5.74, 6) is 0. The van der Waals surface area contributed by atoms with Gasteiger partial charge in [-0.05, 0) is 36.4 Å². The van der Waals surface area contributed by atoms with Gasteiger partial charge in [-0.3, -0.25) is 4.98 Å². The van der Waals surface area contributed by atoms with Crippen molar-refractivity contribution in [3.8, 4) is 0 Å². The Balaban J connectivity index is 1.86. The van der Waals surface area contributed by atoms with Gasteiger partial charge in [-0.15, -0.1) is 11.3 Å². The van der Waals surface area contributed by atoms with Crippen LogP contribution in [0.15, 0.2) is 48.7 Å². The van der Waals surface area contributed by atoms with Crippen molar-refractivity contribution in [1.29, 1.82) is 0 Å². The van der Waals surface area contributed by atoms with Crippen molar-refractivity contribution in [2.24, 2.45) is 0 Å². The van der Waals surface area contributed by atoms with Crippen LogP contribution in [0.1, 0.15) is 4.88 Å². The van der Waals surface area contributed by atoms with Gasteiger partial charge in [0.25, 0.3) is 0 Å². The minimum Gasteiger partial charge on any atom is -0.380 e. The predicted octanol–water partition coefficient (Wildman–Crippen LogP) is 4.56. The third-order valence-corrected chi connectivity index (χ3v) is 3.96. The Hall–Kier alpha value is -1.58. The molecule has 0 aliphatic heterocycles. The molecule has 0 aliphatic rings. The number of anilines is 1. The summed E-state index contributed by atoms with van der Waals surface area (Å²) >= 11 is 7.52. The van der Waals surface area contributed by atoms with Crippen LogP contribution in [-0.2, 0) is 6.54 Å². The SMILES string of the molecule is Clc1ccc(CNc2cccc3ncccc23)s1. The van der Waals surface area contributed by atoms with Gasteiger partial charge in [-0.25, -0.2) is 0 Å². The fourth-order valence-corrected chi connectivity index (χ4v) is 2.91. The van der Waals surface area contributed by atoms with Crippen molar-refractivity contribution in [3.05, 3.63) is 57.9 Å². The molecule has 0 bridgehead atoms. The molecule has 1 N–H and O–H groups in total. The molecular weight excluding hydrogens is 264 g/mol. The lowest BCUT2D eigenvalue weighted by Crippen LogP contribution is -1.98. The summed E-state index contributed by atoms with van der Waals surface area (Å²) in [5, 5.41) is 4.57. The second-order valence-electron chi connectivity index (χ2n) is 3.94. The van der Waals surface area contributed by atoms with Crippen LogP contribution in [0.2, 0.25) is 4.34 Å². The van der Waals surface area contributed by atoms with E-state index in [9.17, 15) is 0 Å². The van der Waals surface area contributed by atoms with E-state index < -0.39 is 0 Å². The monoisotopic (exact) mass is 274 g/mol. The van der Waals surface area contributed by atoms with E-state index in [0.717, 1.165) is 27.5 Å². The van der Waals surface area contributed by atoms with E-state index in [2.05, 4.69) is 22.4 Å². The average molecular weight is 275 g/mol. The summed E-state index contributed by atoms with van der Waals surface area (Å²) in [6.07, 6.45) is 1.81. The topological polar surface area (TPSA) is 24.9 Å². The van der Waals surface area contributed by atoms with E-state index in [0.29, 0.717) is 0 Å². The fraction of sp³-hybridized carbons (Fsp3) is 0.0714. The number of thiophene rings is 1. The van der Waals surface area contributed by atoms with E-state index in [4.69, 9.17) is 11.6 Å². The van der Waals surface area contributed by atoms with Crippen LogP contribution in [0, 0.1) is 0 Å². The number of hydrogen-bond acceptors (Lipinski definition) is 3. The highest BCUT2D eigenvalue weighted by Crippen LogP contribution is 2.25. The maximum absolute atomic E-state index is 5.92. The number of fused-ring (bicyclic) bond motifs is 1. The van der Waals surface area contributed by atoms with Crippen LogP contribution in [0.4, 0.5) is 5.69 Å². The molecule has 1 aromatic carbocycles. The maximum atomic E-state index is 5.92. The smallest absolute Gasteiger partial charge is 0.0931 e. The molecule has 0 atom stereocenters. The molecule has 0 amide bonds. The lowest BCUT2D eigenvalue weighted by atomic mass is 10.2. The van der Waals surface area contributed by atoms with E-state index in [1.807, 2.05) is 36.5 Å². The number of rotatable bonds is 3. The summed E-state index contributed by atoms with van der Waals surface area (Å²) in [6, 6.07) is 14.1. The summed E-state index contributed by atoms with van der Waals surface area (Å²) in [5.41, 5.74) is 2.11. The van der Waals surface area contributed by atoms with Gasteiger partial charge in [0, 0.05) is 28.7 Å². The first kappa shape index (κ1) is 11.5. The maximum Gasteiger partial charge on any atom is 0.0931 e. The zero-order valence-corrected chi connectivity index (χ0v) is 11.1. The summed E-state index contributed by atoms with van der Waals surface area (Å²) in [4.78, 5) is 5.57. The van der Waals surface area contributed by atoms with E-state index in [1.54, 1.807) is 11.3 Å². The summed E-state index contributed by atoms with van der Waals surface area (Å²) in [7, 11) is 0. The number of nitrogens with zero attached hydrogens (tertiary/aromatic N) is 1. The van der Waals surface area contributed by atoms with Crippen molar-refractivity contribution >= 4 is 39.5 Å². The molecule has 0 fully saturated rings. The molecule has 0 aliphatic carbocycles. The van der Waals surface area contributed by atoms with Crippen LogP contribution in [-0.4, -0.2) is 4.98 Å². The first-order valence-corrected chi connectivity index (χ1v) is 6.84. The van der Waals surface area contributed by atoms with Crippen molar-refractivity contribution < 1.29 is 0 Å². The van der Waals surface area contributed by atoms with E-state index in [1.165, 1.54) is 4.88 Å². The Morgan fingerprint density at radius 2 is 2.06 bits per heavy atom. The Morgan fingerprint density at radius 1 is 1.11 bits per heavy atom. The second-order valence-corrected chi connectivity index (χ2v) is 5.73. The van der Waals surface area contributed by atoms with E-state index in [-0.39, 0.29) is 0 Å². The van der Waals surface area contributed by atoms with Gasteiger partial charge in [0.2, 0.25) is 0 Å². The Morgan fingerprint density at radius 3 is 2.89 bits per heavy atom. The molecule has 2 heterocycles. The average Bonchev–Trinajstić information content (AvgIpc) is 2.82. The third kappa shape index (κ3) is 2.33. The molecule has 0 unspecified atom stereocenters. The Kier molecular flexibility index (Phi) is 3.17. The summed E-state index contributed by atoms with van der Waals surface area (Å²) in [6.45, 7) is 0.783. The molecule has 18 heavy (non-hydrogen) atoms. The van der Waals surface area contributed by atoms with Crippen LogP contribution in [0.25, 0.3) is 10.9 Å². The molecule has 90 valence electrons. The Labute approximate surface area is 114 Å². The van der Waals surface area contributed by atoms with Gasteiger partial charge < -0.3 is 5.32 Å². The molecule has 0 radical (unpaired) electrons. The molecule has 0 saturated carbocycles. The number of pyridine rings is 1. The molecule has 3 rings (SSSR count). The highest BCUT2D eigenvalue weighted by molar-refractivity contribution is 7.16. The van der Waals surface area contributed by atoms with Crippen LogP contribution < -0.4 is 5.32 Å². The standard InChI is InChI=1S/C14H11ClN2S/c15-14-7-6-10(18-14)9-17-13-5-1-4-12-11(13)3-2-8-16-12/h1-8,17H,9H2. The zero-order chi connectivity index (χ0) is 12.4. The molecule has 2 aromatic heterocycles. The predicted molar refractivity (Wildman–Crippen MR) is 78.4 cm³/mol. The fourth-order valence-electron chi connectivity index (χ4n) is 1.89. The van der Waals surface area contributed by atoms with Crippen molar-refractivity contribution in [2.75, 3.05) is 5.32 Å². The van der Waals surface area contributed by atoms with Crippen molar-refractivity contribution in [3.63, 3.8) is 0 Å². The molecule has 3 aromatic rings. The first-order valence-electron chi connectivity index (χ1n) is 5.65. The van der Waals surface area contributed by atoms with Crippen molar-refractivity contribution in [2.45, 2.75) is 6.54 Å². The van der Waals surface area contributed by atoms with Gasteiger partial charge in [0.05, 0.1) is 9.85 Å². The number of benzene rings is 1. The molecule has 0 spiro atoms. The largest absolute Gasteiger partial charge is 0.380 e. The quantitative estimate of drug-likeness (QED) is 0.757. The molecule has 0 saturated heterocycles. The second kappa shape index (κ2) is 4.96. The minimum absolute atomic E-state index is 0.783. The summed E-state index contributed by atoms with van der Waals surface area (Å²) < 4.78 is 0.825. The third-order valence-electron chi connectivity index (χ3n) is 2.73. The minimum atomic E-state index is 0.783. The molecule has 2 nitrogen and oxygen atoms in total. The van der Waals surface area contributed by atoms with E-state index >= 15 is 0 Å². The van der Waals surface area contributed by atoms with Gasteiger partial charge in [-0.2, -0.15) is 0 Å². The van der Waals surface area contributed by atoms with Gasteiger partial charge in [-0.1, -0.05) is 17.7 Å². The number of halogens is 1. The van der Waals surface area contributed by atoms with Crippen LogP contribution in [0.5, 0.6) is 0 Å². The lowest BCUT2D eigenvalue weighted by Gasteiger charge is -2.08. The highest BCUT2D eigenvalue weighted by atomic mass is 35.5. The zero-order valence-electron chi connectivity index (χ0n) is 9.56. The number of aromatic nitrogens is 1.